The van der Waals surface area contributed by atoms with Crippen molar-refractivity contribution >= 4 is 34.2 Å². The molecular formula is C11H13IN2O3. The molecule has 0 bridgehead atoms. The normalized spacial score (nSPS) is 11.1. The molecule has 1 N–H and O–H groups in total. The number of rotatable bonds is 2. The molecule has 0 aliphatic heterocycles. The molecule has 5 nitrogen and oxygen atoms in total. The van der Waals surface area contributed by atoms with Gasteiger partial charge in [0.15, 0.2) is 0 Å². The molecule has 1 aromatic rings. The minimum atomic E-state index is -0.479. The average molecular weight is 348 g/mol. The predicted octanol–water partition coefficient (Wildman–Crippen LogP) is 2.73. The lowest BCUT2D eigenvalue weighted by Gasteiger charge is -2.20. The Balaban J connectivity index is 3.00. The van der Waals surface area contributed by atoms with Gasteiger partial charge in [0.1, 0.15) is 0 Å². The van der Waals surface area contributed by atoms with Crippen molar-refractivity contribution in [3.05, 3.63) is 37.4 Å². The van der Waals surface area contributed by atoms with E-state index >= 15 is 0 Å². The van der Waals surface area contributed by atoms with Crippen molar-refractivity contribution in [1.29, 1.82) is 0 Å². The zero-order valence-electron chi connectivity index (χ0n) is 9.78. The van der Waals surface area contributed by atoms with Gasteiger partial charge >= 0.3 is 0 Å². The maximum atomic E-state index is 11.9. The standard InChI is InChI=1S/C11H13IN2O3/c1-11(2,3)13-10(15)8-5-4-7(14(16)17)6-9(8)12/h4-6H,1-3H3,(H,13,15). The van der Waals surface area contributed by atoms with E-state index in [4.69, 9.17) is 0 Å². The minimum Gasteiger partial charge on any atom is -0.347 e. The second-order valence-electron chi connectivity index (χ2n) is 4.63. The summed E-state index contributed by atoms with van der Waals surface area (Å²) >= 11 is 1.92. The van der Waals surface area contributed by atoms with Gasteiger partial charge in [0.25, 0.3) is 11.6 Å². The lowest BCUT2D eigenvalue weighted by Crippen LogP contribution is -2.40. The highest BCUT2D eigenvalue weighted by atomic mass is 127. The molecule has 0 unspecified atom stereocenters. The molecule has 92 valence electrons. The van der Waals surface area contributed by atoms with Crippen LogP contribution in [-0.2, 0) is 0 Å². The minimum absolute atomic E-state index is 0.0123. The molecule has 0 aliphatic carbocycles. The van der Waals surface area contributed by atoms with Crippen molar-refractivity contribution < 1.29 is 9.72 Å². The van der Waals surface area contributed by atoms with Gasteiger partial charge in [0, 0.05) is 21.2 Å². The second-order valence-corrected chi connectivity index (χ2v) is 5.79. The van der Waals surface area contributed by atoms with Gasteiger partial charge in [-0.2, -0.15) is 0 Å². The summed E-state index contributed by atoms with van der Waals surface area (Å²) in [4.78, 5) is 22.0. The molecule has 0 saturated heterocycles. The van der Waals surface area contributed by atoms with Crippen LogP contribution in [0.4, 0.5) is 5.69 Å². The smallest absolute Gasteiger partial charge is 0.270 e. The van der Waals surface area contributed by atoms with Gasteiger partial charge in [0.2, 0.25) is 0 Å². The Morgan fingerprint density at radius 3 is 2.41 bits per heavy atom. The van der Waals surface area contributed by atoms with Gasteiger partial charge in [-0.05, 0) is 49.4 Å². The highest BCUT2D eigenvalue weighted by molar-refractivity contribution is 14.1. The van der Waals surface area contributed by atoms with Crippen LogP contribution in [0.25, 0.3) is 0 Å². The van der Waals surface area contributed by atoms with Gasteiger partial charge in [-0.3, -0.25) is 14.9 Å². The SMILES string of the molecule is CC(C)(C)NC(=O)c1ccc([N+](=O)[O-])cc1I. The Hall–Kier alpha value is -1.18. The summed E-state index contributed by atoms with van der Waals surface area (Å²) in [6, 6.07) is 4.19. The van der Waals surface area contributed by atoms with Crippen LogP contribution in [0.5, 0.6) is 0 Å². The number of nitrogens with one attached hydrogen (secondary N) is 1. The molecule has 0 saturated carbocycles. The van der Waals surface area contributed by atoms with Crippen LogP contribution < -0.4 is 5.32 Å². The number of halogens is 1. The Morgan fingerprint density at radius 2 is 2.00 bits per heavy atom. The number of hydrogen-bond donors (Lipinski definition) is 1. The van der Waals surface area contributed by atoms with Crippen molar-refractivity contribution in [1.82, 2.24) is 5.32 Å². The molecule has 1 amide bonds. The van der Waals surface area contributed by atoms with Crippen molar-refractivity contribution in [2.24, 2.45) is 0 Å². The molecule has 6 heteroatoms. The summed E-state index contributed by atoms with van der Waals surface area (Å²) in [5.74, 6) is -0.225. The van der Waals surface area contributed by atoms with Crippen LogP contribution in [0, 0.1) is 13.7 Å². The van der Waals surface area contributed by atoms with Crippen molar-refractivity contribution in [3.8, 4) is 0 Å². The molecule has 0 aromatic heterocycles. The first-order valence-electron chi connectivity index (χ1n) is 4.97. The van der Waals surface area contributed by atoms with Gasteiger partial charge in [-0.15, -0.1) is 0 Å². The van der Waals surface area contributed by atoms with E-state index < -0.39 is 4.92 Å². The van der Waals surface area contributed by atoms with Crippen LogP contribution in [0.1, 0.15) is 31.1 Å². The van der Waals surface area contributed by atoms with E-state index in [0.717, 1.165) is 0 Å². The number of hydrogen-bond acceptors (Lipinski definition) is 3. The van der Waals surface area contributed by atoms with Crippen LogP contribution >= 0.6 is 22.6 Å². The van der Waals surface area contributed by atoms with Crippen molar-refractivity contribution in [2.45, 2.75) is 26.3 Å². The van der Waals surface area contributed by atoms with Crippen LogP contribution in [-0.4, -0.2) is 16.4 Å². The van der Waals surface area contributed by atoms with E-state index in [1.54, 1.807) is 0 Å². The Kier molecular flexibility index (Phi) is 4.07. The molecule has 0 aliphatic rings. The highest BCUT2D eigenvalue weighted by Crippen LogP contribution is 2.20. The number of carbonyl (C=O) groups excluding carboxylic acids is 1. The zero-order valence-corrected chi connectivity index (χ0v) is 11.9. The van der Waals surface area contributed by atoms with E-state index in [1.165, 1.54) is 18.2 Å². The number of carbonyl (C=O) groups is 1. The highest BCUT2D eigenvalue weighted by Gasteiger charge is 2.18. The summed E-state index contributed by atoms with van der Waals surface area (Å²) in [5, 5.41) is 13.4. The fourth-order valence-corrected chi connectivity index (χ4v) is 1.95. The third kappa shape index (κ3) is 3.95. The van der Waals surface area contributed by atoms with Crippen LogP contribution in [0.3, 0.4) is 0 Å². The summed E-state index contributed by atoms with van der Waals surface area (Å²) in [5.41, 5.74) is 0.106. The molecule has 0 fully saturated rings. The summed E-state index contributed by atoms with van der Waals surface area (Å²) in [6.45, 7) is 5.63. The Bertz CT molecular complexity index is 466. The Morgan fingerprint density at radius 1 is 1.41 bits per heavy atom. The first-order chi connectivity index (χ1) is 7.70. The maximum Gasteiger partial charge on any atom is 0.270 e. The lowest BCUT2D eigenvalue weighted by atomic mass is 10.1. The van der Waals surface area contributed by atoms with Gasteiger partial charge in [-0.25, -0.2) is 0 Å². The summed E-state index contributed by atoms with van der Waals surface area (Å²) < 4.78 is 0.568. The largest absolute Gasteiger partial charge is 0.347 e. The van der Waals surface area contributed by atoms with Gasteiger partial charge in [-0.1, -0.05) is 0 Å². The zero-order chi connectivity index (χ0) is 13.2. The number of nitro benzene ring substituents is 1. The second kappa shape index (κ2) is 4.99. The first kappa shape index (κ1) is 13.9. The topological polar surface area (TPSA) is 72.2 Å². The quantitative estimate of drug-likeness (QED) is 0.507. The molecule has 0 atom stereocenters. The summed E-state index contributed by atoms with van der Waals surface area (Å²) in [7, 11) is 0. The molecule has 1 rings (SSSR count). The lowest BCUT2D eigenvalue weighted by molar-refractivity contribution is -0.384. The molecule has 17 heavy (non-hydrogen) atoms. The maximum absolute atomic E-state index is 11.9. The third-order valence-corrected chi connectivity index (χ3v) is 2.79. The van der Waals surface area contributed by atoms with E-state index in [-0.39, 0.29) is 17.1 Å². The fraction of sp³-hybridized carbons (Fsp3) is 0.364. The van der Waals surface area contributed by atoms with Crippen LogP contribution in [0.15, 0.2) is 18.2 Å². The number of non-ortho nitro benzene ring substituents is 1. The van der Waals surface area contributed by atoms with E-state index in [1.807, 2.05) is 43.4 Å². The van der Waals surface area contributed by atoms with E-state index in [9.17, 15) is 14.9 Å². The fourth-order valence-electron chi connectivity index (χ4n) is 1.21. The number of amides is 1. The molecular weight excluding hydrogens is 335 g/mol. The third-order valence-electron chi connectivity index (χ3n) is 1.90. The number of benzene rings is 1. The van der Waals surface area contributed by atoms with Gasteiger partial charge in [0.05, 0.1) is 10.5 Å². The molecule has 1 aromatic carbocycles. The summed E-state index contributed by atoms with van der Waals surface area (Å²) in [6.07, 6.45) is 0. The van der Waals surface area contributed by atoms with E-state index in [2.05, 4.69) is 5.32 Å². The first-order valence-corrected chi connectivity index (χ1v) is 6.05. The number of nitro groups is 1. The van der Waals surface area contributed by atoms with Crippen molar-refractivity contribution in [2.75, 3.05) is 0 Å². The predicted molar refractivity (Wildman–Crippen MR) is 73.0 cm³/mol. The molecule has 0 spiro atoms. The average Bonchev–Trinajstić information content (AvgIpc) is 2.14. The van der Waals surface area contributed by atoms with Crippen molar-refractivity contribution in [3.63, 3.8) is 0 Å². The Labute approximate surface area is 113 Å². The molecule has 0 radical (unpaired) electrons. The monoisotopic (exact) mass is 348 g/mol. The number of nitrogens with zero attached hydrogens (tertiary/aromatic N) is 1. The molecule has 0 heterocycles. The van der Waals surface area contributed by atoms with E-state index in [0.29, 0.717) is 9.13 Å². The van der Waals surface area contributed by atoms with Crippen LogP contribution in [0.2, 0.25) is 0 Å². The van der Waals surface area contributed by atoms with Gasteiger partial charge < -0.3 is 5.32 Å².